The number of aliphatic carboxylic acids is 1. The standard InChI is InChI=1S/C20H17N5O3/c26-19(27)13-25-11-16(8-21-25)20(28)23-17-9-22-24(12-17)10-15-6-3-5-14-4-1-2-7-18(14)15/h1-9,11-12H,10,13H2,(H,23,28)(H,26,27). The number of carbonyl (C=O) groups excluding carboxylic acids is 1. The van der Waals surface area contributed by atoms with Gasteiger partial charge in [0.15, 0.2) is 0 Å². The highest BCUT2D eigenvalue weighted by Gasteiger charge is 2.12. The summed E-state index contributed by atoms with van der Waals surface area (Å²) in [7, 11) is 0. The van der Waals surface area contributed by atoms with Crippen molar-refractivity contribution in [3.05, 3.63) is 78.4 Å². The molecule has 4 rings (SSSR count). The van der Waals surface area contributed by atoms with Crippen molar-refractivity contribution < 1.29 is 14.7 Å². The molecule has 28 heavy (non-hydrogen) atoms. The number of hydrogen-bond donors (Lipinski definition) is 2. The molecule has 0 unspecified atom stereocenters. The number of carboxylic acid groups (broad SMARTS) is 1. The summed E-state index contributed by atoms with van der Waals surface area (Å²) in [6, 6.07) is 14.3. The zero-order valence-corrected chi connectivity index (χ0v) is 14.8. The van der Waals surface area contributed by atoms with Crippen LogP contribution < -0.4 is 5.32 Å². The van der Waals surface area contributed by atoms with Crippen molar-refractivity contribution in [2.24, 2.45) is 0 Å². The van der Waals surface area contributed by atoms with Gasteiger partial charge in [0.2, 0.25) is 0 Å². The van der Waals surface area contributed by atoms with E-state index in [1.807, 2.05) is 18.2 Å². The van der Waals surface area contributed by atoms with E-state index in [-0.39, 0.29) is 18.0 Å². The summed E-state index contributed by atoms with van der Waals surface area (Å²) >= 11 is 0. The zero-order chi connectivity index (χ0) is 19.5. The number of rotatable bonds is 6. The highest BCUT2D eigenvalue weighted by Crippen LogP contribution is 2.20. The van der Waals surface area contributed by atoms with Crippen LogP contribution in [0.2, 0.25) is 0 Å². The number of amides is 1. The first-order valence-electron chi connectivity index (χ1n) is 8.63. The van der Waals surface area contributed by atoms with E-state index in [0.717, 1.165) is 10.9 Å². The second-order valence-electron chi connectivity index (χ2n) is 6.34. The molecule has 2 N–H and O–H groups in total. The van der Waals surface area contributed by atoms with Gasteiger partial charge in [0.05, 0.1) is 30.2 Å². The summed E-state index contributed by atoms with van der Waals surface area (Å²) < 4.78 is 2.95. The van der Waals surface area contributed by atoms with E-state index in [4.69, 9.17) is 5.11 Å². The molecule has 1 amide bonds. The Morgan fingerprint density at radius 3 is 2.61 bits per heavy atom. The van der Waals surface area contributed by atoms with E-state index in [9.17, 15) is 9.59 Å². The second kappa shape index (κ2) is 7.36. The number of nitrogens with zero attached hydrogens (tertiary/aromatic N) is 4. The van der Waals surface area contributed by atoms with E-state index in [1.165, 1.54) is 22.5 Å². The normalized spacial score (nSPS) is 10.9. The molecule has 0 aliphatic heterocycles. The van der Waals surface area contributed by atoms with Gasteiger partial charge in [-0.2, -0.15) is 10.2 Å². The summed E-state index contributed by atoms with van der Waals surface area (Å²) in [4.78, 5) is 23.0. The number of carbonyl (C=O) groups is 2. The molecule has 0 radical (unpaired) electrons. The minimum Gasteiger partial charge on any atom is -0.480 e. The van der Waals surface area contributed by atoms with Gasteiger partial charge in [-0.3, -0.25) is 19.0 Å². The molecule has 2 heterocycles. The number of aromatic nitrogens is 4. The fourth-order valence-electron chi connectivity index (χ4n) is 3.03. The Hall–Kier alpha value is -3.94. The molecule has 0 saturated heterocycles. The van der Waals surface area contributed by atoms with Crippen LogP contribution in [0, 0.1) is 0 Å². The maximum Gasteiger partial charge on any atom is 0.325 e. The van der Waals surface area contributed by atoms with Crippen molar-refractivity contribution in [1.29, 1.82) is 0 Å². The molecule has 4 aromatic rings. The minimum atomic E-state index is -1.02. The fourth-order valence-corrected chi connectivity index (χ4v) is 3.03. The highest BCUT2D eigenvalue weighted by molar-refractivity contribution is 6.03. The van der Waals surface area contributed by atoms with Crippen LogP contribution in [0.1, 0.15) is 15.9 Å². The van der Waals surface area contributed by atoms with Gasteiger partial charge in [-0.05, 0) is 16.3 Å². The predicted molar refractivity (Wildman–Crippen MR) is 103 cm³/mol. The van der Waals surface area contributed by atoms with Crippen LogP contribution in [0.25, 0.3) is 10.8 Å². The topological polar surface area (TPSA) is 102 Å². The lowest BCUT2D eigenvalue weighted by Gasteiger charge is -2.06. The van der Waals surface area contributed by atoms with Gasteiger partial charge in [-0.15, -0.1) is 0 Å². The molecule has 0 spiro atoms. The first-order valence-corrected chi connectivity index (χ1v) is 8.63. The highest BCUT2D eigenvalue weighted by atomic mass is 16.4. The van der Waals surface area contributed by atoms with Gasteiger partial charge in [0.25, 0.3) is 5.91 Å². The lowest BCUT2D eigenvalue weighted by Crippen LogP contribution is -2.11. The van der Waals surface area contributed by atoms with Gasteiger partial charge in [-0.25, -0.2) is 0 Å². The van der Waals surface area contributed by atoms with Crippen LogP contribution in [0.15, 0.2) is 67.3 Å². The van der Waals surface area contributed by atoms with Crippen LogP contribution in [0.4, 0.5) is 5.69 Å². The lowest BCUT2D eigenvalue weighted by atomic mass is 10.0. The average molecular weight is 375 g/mol. The van der Waals surface area contributed by atoms with Crippen molar-refractivity contribution in [2.45, 2.75) is 13.1 Å². The van der Waals surface area contributed by atoms with Crippen molar-refractivity contribution in [1.82, 2.24) is 19.6 Å². The molecule has 0 aliphatic carbocycles. The molecule has 0 aliphatic rings. The third-order valence-electron chi connectivity index (χ3n) is 4.30. The van der Waals surface area contributed by atoms with Crippen molar-refractivity contribution in [2.75, 3.05) is 5.32 Å². The smallest absolute Gasteiger partial charge is 0.325 e. The van der Waals surface area contributed by atoms with Crippen molar-refractivity contribution in [3.8, 4) is 0 Å². The Kier molecular flexibility index (Phi) is 4.59. The Morgan fingerprint density at radius 1 is 0.964 bits per heavy atom. The molecular formula is C20H17N5O3. The first-order chi connectivity index (χ1) is 13.6. The van der Waals surface area contributed by atoms with Gasteiger partial charge in [0, 0.05) is 12.4 Å². The molecule has 2 aromatic carbocycles. The molecule has 0 bridgehead atoms. The van der Waals surface area contributed by atoms with E-state index in [1.54, 1.807) is 17.1 Å². The van der Waals surface area contributed by atoms with E-state index in [0.29, 0.717) is 12.2 Å². The first kappa shape index (κ1) is 17.5. The fraction of sp³-hybridized carbons (Fsp3) is 0.100. The number of benzene rings is 2. The molecular weight excluding hydrogens is 358 g/mol. The van der Waals surface area contributed by atoms with E-state index in [2.05, 4.69) is 39.8 Å². The SMILES string of the molecule is O=C(O)Cn1cc(C(=O)Nc2cnn(Cc3cccc4ccccc34)c2)cn1. The van der Waals surface area contributed by atoms with Gasteiger partial charge in [0.1, 0.15) is 6.54 Å². The molecule has 8 nitrogen and oxygen atoms in total. The number of carboxylic acids is 1. The number of anilines is 1. The van der Waals surface area contributed by atoms with Gasteiger partial charge < -0.3 is 10.4 Å². The molecule has 0 fully saturated rings. The molecule has 2 aromatic heterocycles. The maximum absolute atomic E-state index is 12.3. The number of fused-ring (bicyclic) bond motifs is 1. The summed E-state index contributed by atoms with van der Waals surface area (Å²) in [5, 5.41) is 22.0. The molecule has 140 valence electrons. The maximum atomic E-state index is 12.3. The Morgan fingerprint density at radius 2 is 1.75 bits per heavy atom. The molecule has 0 atom stereocenters. The van der Waals surface area contributed by atoms with E-state index < -0.39 is 5.97 Å². The van der Waals surface area contributed by atoms with Crippen LogP contribution in [0.3, 0.4) is 0 Å². The summed E-state index contributed by atoms with van der Waals surface area (Å²) in [5.41, 5.74) is 1.97. The third-order valence-corrected chi connectivity index (χ3v) is 4.30. The van der Waals surface area contributed by atoms with Crippen LogP contribution in [0.5, 0.6) is 0 Å². The third kappa shape index (κ3) is 3.75. The Labute approximate surface area is 160 Å². The zero-order valence-electron chi connectivity index (χ0n) is 14.8. The monoisotopic (exact) mass is 375 g/mol. The summed E-state index contributed by atoms with van der Waals surface area (Å²) in [5.74, 6) is -1.40. The Balaban J connectivity index is 1.46. The largest absolute Gasteiger partial charge is 0.480 e. The van der Waals surface area contributed by atoms with Crippen molar-refractivity contribution >= 4 is 28.3 Å². The average Bonchev–Trinajstić information content (AvgIpc) is 3.31. The van der Waals surface area contributed by atoms with Crippen LogP contribution in [-0.2, 0) is 17.9 Å². The second-order valence-corrected chi connectivity index (χ2v) is 6.34. The Bertz CT molecular complexity index is 1160. The lowest BCUT2D eigenvalue weighted by molar-refractivity contribution is -0.137. The number of nitrogens with one attached hydrogen (secondary N) is 1. The minimum absolute atomic E-state index is 0.281. The number of hydrogen-bond acceptors (Lipinski definition) is 4. The van der Waals surface area contributed by atoms with Crippen molar-refractivity contribution in [3.63, 3.8) is 0 Å². The van der Waals surface area contributed by atoms with E-state index >= 15 is 0 Å². The van der Waals surface area contributed by atoms with Crippen LogP contribution in [-0.4, -0.2) is 36.5 Å². The molecule has 8 heteroatoms. The summed E-state index contributed by atoms with van der Waals surface area (Å²) in [6.45, 7) is 0.282. The van der Waals surface area contributed by atoms with Crippen LogP contribution >= 0.6 is 0 Å². The summed E-state index contributed by atoms with van der Waals surface area (Å²) in [6.07, 6.45) is 6.05. The quantitative estimate of drug-likeness (QED) is 0.539. The molecule has 0 saturated carbocycles. The predicted octanol–water partition coefficient (Wildman–Crippen LogP) is 2.62. The van der Waals surface area contributed by atoms with Gasteiger partial charge in [-0.1, -0.05) is 42.5 Å². The van der Waals surface area contributed by atoms with Gasteiger partial charge >= 0.3 is 5.97 Å².